The highest BCUT2D eigenvalue weighted by Gasteiger charge is 2.46. The second kappa shape index (κ2) is 16.4. The molecule has 6 rings (SSSR count). The summed E-state index contributed by atoms with van der Waals surface area (Å²) in [7, 11) is 0. The molecule has 1 fully saturated rings. The van der Waals surface area contributed by atoms with Crippen LogP contribution in [0.3, 0.4) is 0 Å². The third-order valence-electron chi connectivity index (χ3n) is 8.91. The second-order valence-corrected chi connectivity index (χ2v) is 12.4. The van der Waals surface area contributed by atoms with Crippen LogP contribution in [0.1, 0.15) is 22.3 Å². The minimum Gasteiger partial charge on any atom is -0.351 e. The number of imide groups is 3. The van der Waals surface area contributed by atoms with Crippen LogP contribution in [0.25, 0.3) is 0 Å². The summed E-state index contributed by atoms with van der Waals surface area (Å²) in [6.07, 6.45) is 0.410. The number of barbiturate groups is 1. The van der Waals surface area contributed by atoms with E-state index in [2.05, 4.69) is 5.32 Å². The molecule has 0 saturated carbocycles. The average Bonchev–Trinajstić information content (AvgIpc) is 3.19. The molecule has 52 heavy (non-hydrogen) atoms. The molecule has 1 aliphatic heterocycles. The van der Waals surface area contributed by atoms with E-state index in [1.807, 2.05) is 60.7 Å². The molecule has 1 saturated heterocycles. The number of nitrogens with one attached hydrogen (secondary N) is 1. The quantitative estimate of drug-likeness (QED) is 0.125. The molecule has 0 bridgehead atoms. The number of carbonyl (C=O) groups is 6. The van der Waals surface area contributed by atoms with Crippen molar-refractivity contribution in [2.45, 2.75) is 25.9 Å². The van der Waals surface area contributed by atoms with Crippen LogP contribution in [-0.2, 0) is 49.9 Å². The van der Waals surface area contributed by atoms with Crippen LogP contribution < -0.4 is 15.1 Å². The van der Waals surface area contributed by atoms with Crippen LogP contribution >= 0.6 is 0 Å². The highest BCUT2D eigenvalue weighted by atomic mass is 16.2. The number of benzene rings is 5. The van der Waals surface area contributed by atoms with Crippen molar-refractivity contribution in [3.05, 3.63) is 168 Å². The molecule has 5 aromatic carbocycles. The molecule has 0 aliphatic carbocycles. The van der Waals surface area contributed by atoms with Crippen molar-refractivity contribution in [2.24, 2.45) is 11.8 Å². The van der Waals surface area contributed by atoms with E-state index in [0.29, 0.717) is 28.9 Å². The Labute approximate surface area is 301 Å². The average molecular weight is 693 g/mol. The maximum atomic E-state index is 13.8. The Kier molecular flexibility index (Phi) is 11.1. The first-order chi connectivity index (χ1) is 25.3. The number of urea groups is 1. The zero-order chi connectivity index (χ0) is 36.5. The number of rotatable bonds is 13. The third-order valence-corrected chi connectivity index (χ3v) is 8.91. The SMILES string of the molecule is O=CN(C(=O)C(Cc1ccc(CC2C(=O)N(Cc3ccccc3)C(=O)N(c3ccccc3)C2=O)cc1)C(=O)NCc1ccccc1)c1ccccc1. The van der Waals surface area contributed by atoms with E-state index in [-0.39, 0.29) is 25.9 Å². The lowest BCUT2D eigenvalue weighted by Gasteiger charge is -2.37. The Morgan fingerprint density at radius 3 is 1.79 bits per heavy atom. The molecule has 7 amide bonds. The molecule has 260 valence electrons. The predicted octanol–water partition coefficient (Wildman–Crippen LogP) is 5.71. The van der Waals surface area contributed by atoms with Gasteiger partial charge in [0.05, 0.1) is 17.9 Å². The van der Waals surface area contributed by atoms with Gasteiger partial charge in [0.25, 0.3) is 0 Å². The predicted molar refractivity (Wildman–Crippen MR) is 195 cm³/mol. The largest absolute Gasteiger partial charge is 0.351 e. The van der Waals surface area contributed by atoms with Crippen LogP contribution in [0.2, 0.25) is 0 Å². The normalized spacial score (nSPS) is 14.8. The molecule has 0 spiro atoms. The summed E-state index contributed by atoms with van der Waals surface area (Å²) in [5.74, 6) is -4.84. The van der Waals surface area contributed by atoms with E-state index in [1.165, 1.54) is 0 Å². The smallest absolute Gasteiger partial charge is 0.338 e. The Hall–Kier alpha value is -6.68. The molecule has 1 N–H and O–H groups in total. The number of hydrogen-bond donors (Lipinski definition) is 1. The number of carbonyl (C=O) groups excluding carboxylic acids is 6. The lowest BCUT2D eigenvalue weighted by molar-refractivity contribution is -0.141. The highest BCUT2D eigenvalue weighted by molar-refractivity contribution is 6.27. The summed E-state index contributed by atoms with van der Waals surface area (Å²) >= 11 is 0. The first-order valence-corrected chi connectivity index (χ1v) is 16.8. The number of para-hydroxylation sites is 2. The van der Waals surface area contributed by atoms with Crippen molar-refractivity contribution in [3.63, 3.8) is 0 Å². The van der Waals surface area contributed by atoms with E-state index in [9.17, 15) is 28.8 Å². The van der Waals surface area contributed by atoms with Gasteiger partial charge in [0, 0.05) is 6.54 Å². The first kappa shape index (κ1) is 35.2. The third kappa shape index (κ3) is 8.03. The summed E-state index contributed by atoms with van der Waals surface area (Å²) in [6.45, 7) is 0.204. The maximum absolute atomic E-state index is 13.8. The van der Waals surface area contributed by atoms with E-state index >= 15 is 0 Å². The summed E-state index contributed by atoms with van der Waals surface area (Å²) in [5.41, 5.74) is 3.57. The molecule has 1 aliphatic rings. The van der Waals surface area contributed by atoms with Crippen LogP contribution in [-0.4, -0.2) is 41.0 Å². The van der Waals surface area contributed by atoms with Gasteiger partial charge in [-0.05, 0) is 59.4 Å². The molecule has 2 atom stereocenters. The fourth-order valence-electron chi connectivity index (χ4n) is 6.14. The fourth-order valence-corrected chi connectivity index (χ4v) is 6.14. The van der Waals surface area contributed by atoms with Gasteiger partial charge >= 0.3 is 6.03 Å². The molecule has 0 aromatic heterocycles. The van der Waals surface area contributed by atoms with Crippen molar-refractivity contribution in [3.8, 4) is 0 Å². The topological polar surface area (TPSA) is 124 Å². The molecular formula is C42H36N4O6. The van der Waals surface area contributed by atoms with Gasteiger partial charge in [-0.2, -0.15) is 0 Å². The van der Waals surface area contributed by atoms with Gasteiger partial charge in [-0.15, -0.1) is 0 Å². The molecular weight excluding hydrogens is 656 g/mol. The number of anilines is 2. The Morgan fingerprint density at radius 1 is 0.654 bits per heavy atom. The zero-order valence-corrected chi connectivity index (χ0v) is 28.2. The summed E-state index contributed by atoms with van der Waals surface area (Å²) in [5, 5.41) is 2.83. The summed E-state index contributed by atoms with van der Waals surface area (Å²) in [6, 6.07) is 41.5. The first-order valence-electron chi connectivity index (χ1n) is 16.8. The van der Waals surface area contributed by atoms with Crippen molar-refractivity contribution in [1.29, 1.82) is 0 Å². The highest BCUT2D eigenvalue weighted by Crippen LogP contribution is 2.29. The lowest BCUT2D eigenvalue weighted by atomic mass is 9.91. The molecule has 1 heterocycles. The van der Waals surface area contributed by atoms with Gasteiger partial charge in [-0.3, -0.25) is 33.8 Å². The van der Waals surface area contributed by atoms with Crippen molar-refractivity contribution >= 4 is 47.4 Å². The Balaban J connectivity index is 1.23. The van der Waals surface area contributed by atoms with Gasteiger partial charge in [0.15, 0.2) is 0 Å². The number of nitrogens with zero attached hydrogens (tertiary/aromatic N) is 3. The summed E-state index contributed by atoms with van der Waals surface area (Å²) in [4.78, 5) is 83.9. The number of hydrogen-bond acceptors (Lipinski definition) is 6. The summed E-state index contributed by atoms with van der Waals surface area (Å²) < 4.78 is 0. The van der Waals surface area contributed by atoms with Gasteiger partial charge < -0.3 is 5.32 Å². The van der Waals surface area contributed by atoms with E-state index in [0.717, 1.165) is 25.8 Å². The van der Waals surface area contributed by atoms with Crippen molar-refractivity contribution < 1.29 is 28.8 Å². The molecule has 5 aromatic rings. The van der Waals surface area contributed by atoms with Gasteiger partial charge in [-0.25, -0.2) is 9.69 Å². The molecule has 10 nitrogen and oxygen atoms in total. The minimum atomic E-state index is -1.24. The van der Waals surface area contributed by atoms with Crippen LogP contribution in [0.5, 0.6) is 0 Å². The second-order valence-electron chi connectivity index (χ2n) is 12.4. The molecule has 2 unspecified atom stereocenters. The van der Waals surface area contributed by atoms with E-state index in [1.54, 1.807) is 84.9 Å². The standard InChI is InChI=1S/C42H36N4O6/c47-29-45(34-17-9-3-10-18-34)39(49)36(38(48)43-27-32-13-5-1-6-14-32)25-30-21-23-31(24-22-30)26-37-40(50)44(28-33-15-7-2-8-16-33)42(52)46(41(37)51)35-19-11-4-12-20-35/h1-24,29,36-37H,25-28H2,(H,43,48). The number of amides is 7. The van der Waals surface area contributed by atoms with Crippen molar-refractivity contribution in [1.82, 2.24) is 10.2 Å². The van der Waals surface area contributed by atoms with Crippen LogP contribution in [0.4, 0.5) is 16.2 Å². The van der Waals surface area contributed by atoms with Crippen molar-refractivity contribution in [2.75, 3.05) is 9.80 Å². The zero-order valence-electron chi connectivity index (χ0n) is 28.2. The van der Waals surface area contributed by atoms with E-state index < -0.39 is 41.5 Å². The fraction of sp³-hybridized carbons (Fsp3) is 0.143. The molecule has 10 heteroatoms. The minimum absolute atomic E-state index is 0.00704. The van der Waals surface area contributed by atoms with E-state index in [4.69, 9.17) is 0 Å². The Bertz CT molecular complexity index is 2010. The Morgan fingerprint density at radius 2 is 1.19 bits per heavy atom. The lowest BCUT2D eigenvalue weighted by Crippen LogP contribution is -2.60. The van der Waals surface area contributed by atoms with Gasteiger partial charge in [-0.1, -0.05) is 121 Å². The van der Waals surface area contributed by atoms with Gasteiger partial charge in [0.1, 0.15) is 11.8 Å². The maximum Gasteiger partial charge on any atom is 0.338 e. The van der Waals surface area contributed by atoms with Gasteiger partial charge in [0.2, 0.25) is 30.0 Å². The monoisotopic (exact) mass is 692 g/mol. The van der Waals surface area contributed by atoms with Crippen LogP contribution in [0.15, 0.2) is 146 Å². The molecule has 0 radical (unpaired) electrons. The van der Waals surface area contributed by atoms with Crippen LogP contribution in [0, 0.1) is 11.8 Å².